The summed E-state index contributed by atoms with van der Waals surface area (Å²) in [4.78, 5) is 26.6. The van der Waals surface area contributed by atoms with Crippen LogP contribution in [0.2, 0.25) is 0 Å². The number of carbonyl (C=O) groups excluding carboxylic acids is 2. The first-order chi connectivity index (χ1) is 11.2. The Morgan fingerprint density at radius 3 is 2.65 bits per heavy atom. The second-order valence-corrected chi connectivity index (χ2v) is 5.89. The van der Waals surface area contributed by atoms with Crippen LogP contribution in [0, 0.1) is 0 Å². The lowest BCUT2D eigenvalue weighted by Gasteiger charge is -2.35. The maximum atomic E-state index is 12.6. The molecular formula is C18H16N2O3. The van der Waals surface area contributed by atoms with Crippen LogP contribution < -0.4 is 10.1 Å². The summed E-state index contributed by atoms with van der Waals surface area (Å²) < 4.78 is 6.04. The fraction of sp³-hybridized carbons (Fsp3) is 0.222. The van der Waals surface area contributed by atoms with Crippen molar-refractivity contribution in [1.82, 2.24) is 10.2 Å². The molecule has 0 radical (unpaired) electrons. The van der Waals surface area contributed by atoms with Crippen LogP contribution in [0.15, 0.2) is 54.6 Å². The summed E-state index contributed by atoms with van der Waals surface area (Å²) in [6.45, 7) is 0.900. The number of fused-ring (bicyclic) bond motifs is 1. The highest BCUT2D eigenvalue weighted by Crippen LogP contribution is 2.33. The third kappa shape index (κ3) is 2.34. The van der Waals surface area contributed by atoms with E-state index in [9.17, 15) is 9.59 Å². The Hall–Kier alpha value is -2.82. The standard InChI is InChI=1S/C18H16N2O3/c21-16-14-8-4-5-9-15(14)23-18(19-16)10-11-20(12-18)17(22)13-6-2-1-3-7-13/h1-9H,10-12H2,(H,19,21). The Morgan fingerprint density at radius 1 is 1.09 bits per heavy atom. The van der Waals surface area contributed by atoms with Gasteiger partial charge in [0.15, 0.2) is 0 Å². The number of benzene rings is 2. The summed E-state index contributed by atoms with van der Waals surface area (Å²) in [6, 6.07) is 16.3. The Bertz CT molecular complexity index is 775. The van der Waals surface area contributed by atoms with Gasteiger partial charge in [0, 0.05) is 18.5 Å². The van der Waals surface area contributed by atoms with Crippen LogP contribution in [0.3, 0.4) is 0 Å². The molecule has 116 valence electrons. The first kappa shape index (κ1) is 13.8. The van der Waals surface area contributed by atoms with Crippen molar-refractivity contribution >= 4 is 11.8 Å². The summed E-state index contributed by atoms with van der Waals surface area (Å²) in [5.74, 6) is 0.380. The highest BCUT2D eigenvalue weighted by molar-refractivity contribution is 5.99. The number of carbonyl (C=O) groups is 2. The predicted octanol–water partition coefficient (Wildman–Crippen LogP) is 2.05. The SMILES string of the molecule is O=C1NC2(CCN(C(=O)c3ccccc3)C2)Oc2ccccc21. The predicted molar refractivity (Wildman–Crippen MR) is 84.2 cm³/mol. The normalized spacial score (nSPS) is 22.4. The van der Waals surface area contributed by atoms with Crippen molar-refractivity contribution in [2.75, 3.05) is 13.1 Å². The van der Waals surface area contributed by atoms with Crippen molar-refractivity contribution in [3.8, 4) is 5.75 Å². The number of hydrogen-bond acceptors (Lipinski definition) is 3. The maximum Gasteiger partial charge on any atom is 0.258 e. The van der Waals surface area contributed by atoms with E-state index in [4.69, 9.17) is 4.74 Å². The van der Waals surface area contributed by atoms with Crippen LogP contribution in [0.4, 0.5) is 0 Å². The summed E-state index contributed by atoms with van der Waals surface area (Å²) in [5, 5.41) is 2.93. The van der Waals surface area contributed by atoms with E-state index in [1.54, 1.807) is 35.2 Å². The van der Waals surface area contributed by atoms with Gasteiger partial charge in [0.1, 0.15) is 5.75 Å². The minimum Gasteiger partial charge on any atom is -0.465 e. The molecule has 0 bridgehead atoms. The van der Waals surface area contributed by atoms with E-state index >= 15 is 0 Å². The average Bonchev–Trinajstić information content (AvgIpc) is 2.98. The lowest BCUT2D eigenvalue weighted by molar-refractivity contribution is 0.0240. The molecule has 2 amide bonds. The fourth-order valence-corrected chi connectivity index (χ4v) is 3.16. The quantitative estimate of drug-likeness (QED) is 0.877. The molecule has 2 heterocycles. The zero-order valence-corrected chi connectivity index (χ0v) is 12.5. The molecule has 0 saturated carbocycles. The molecule has 2 aromatic carbocycles. The first-order valence-corrected chi connectivity index (χ1v) is 7.62. The second-order valence-electron chi connectivity index (χ2n) is 5.89. The Morgan fingerprint density at radius 2 is 1.83 bits per heavy atom. The molecule has 2 aromatic rings. The lowest BCUT2D eigenvalue weighted by atomic mass is 10.1. The molecule has 1 saturated heterocycles. The van der Waals surface area contributed by atoms with Crippen molar-refractivity contribution in [2.24, 2.45) is 0 Å². The van der Waals surface area contributed by atoms with Gasteiger partial charge in [0.2, 0.25) is 5.72 Å². The van der Waals surface area contributed by atoms with E-state index in [2.05, 4.69) is 5.32 Å². The van der Waals surface area contributed by atoms with Crippen LogP contribution in [0.5, 0.6) is 5.75 Å². The Kier molecular flexibility index (Phi) is 3.08. The van der Waals surface area contributed by atoms with Crippen LogP contribution >= 0.6 is 0 Å². The minimum atomic E-state index is -0.824. The second kappa shape index (κ2) is 5.12. The zero-order valence-electron chi connectivity index (χ0n) is 12.5. The van der Waals surface area contributed by atoms with Crippen molar-refractivity contribution in [3.05, 3.63) is 65.7 Å². The molecule has 5 heteroatoms. The molecule has 1 atom stereocenters. The molecule has 0 aromatic heterocycles. The Balaban J connectivity index is 1.57. The summed E-state index contributed by atoms with van der Waals surface area (Å²) in [6.07, 6.45) is 0.575. The van der Waals surface area contributed by atoms with E-state index in [-0.39, 0.29) is 11.8 Å². The van der Waals surface area contributed by atoms with Crippen molar-refractivity contribution < 1.29 is 14.3 Å². The maximum absolute atomic E-state index is 12.6. The highest BCUT2D eigenvalue weighted by atomic mass is 16.5. The summed E-state index contributed by atoms with van der Waals surface area (Å²) >= 11 is 0. The van der Waals surface area contributed by atoms with Gasteiger partial charge in [-0.25, -0.2) is 0 Å². The summed E-state index contributed by atoms with van der Waals surface area (Å²) in [7, 11) is 0. The van der Waals surface area contributed by atoms with E-state index in [1.165, 1.54) is 0 Å². The van der Waals surface area contributed by atoms with E-state index in [0.717, 1.165) is 0 Å². The summed E-state index contributed by atoms with van der Waals surface area (Å²) in [5.41, 5.74) is 0.355. The topological polar surface area (TPSA) is 58.6 Å². The van der Waals surface area contributed by atoms with Crippen LogP contribution in [0.1, 0.15) is 27.1 Å². The van der Waals surface area contributed by atoms with Crippen LogP contribution in [-0.2, 0) is 0 Å². The molecule has 23 heavy (non-hydrogen) atoms. The van der Waals surface area contributed by atoms with Gasteiger partial charge in [-0.3, -0.25) is 9.59 Å². The van der Waals surface area contributed by atoms with Gasteiger partial charge >= 0.3 is 0 Å². The van der Waals surface area contributed by atoms with Gasteiger partial charge in [-0.15, -0.1) is 0 Å². The number of likely N-dealkylation sites (tertiary alicyclic amines) is 1. The molecule has 5 nitrogen and oxygen atoms in total. The minimum absolute atomic E-state index is 0.0424. The van der Waals surface area contributed by atoms with Gasteiger partial charge in [-0.05, 0) is 24.3 Å². The highest BCUT2D eigenvalue weighted by Gasteiger charge is 2.46. The van der Waals surface area contributed by atoms with Crippen LogP contribution in [-0.4, -0.2) is 35.5 Å². The number of nitrogens with zero attached hydrogens (tertiary/aromatic N) is 1. The molecule has 4 rings (SSSR count). The van der Waals surface area contributed by atoms with Crippen molar-refractivity contribution in [3.63, 3.8) is 0 Å². The van der Waals surface area contributed by atoms with Crippen molar-refractivity contribution in [1.29, 1.82) is 0 Å². The number of ether oxygens (including phenoxy) is 1. The number of amides is 2. The smallest absolute Gasteiger partial charge is 0.258 e. The molecule has 2 aliphatic rings. The third-order valence-electron chi connectivity index (χ3n) is 4.32. The molecule has 1 spiro atoms. The zero-order chi connectivity index (χ0) is 15.9. The van der Waals surface area contributed by atoms with Gasteiger partial charge in [-0.2, -0.15) is 0 Å². The Labute approximate surface area is 133 Å². The van der Waals surface area contributed by atoms with Gasteiger partial charge in [-0.1, -0.05) is 30.3 Å². The molecular weight excluding hydrogens is 292 g/mol. The number of hydrogen-bond donors (Lipinski definition) is 1. The number of rotatable bonds is 1. The fourth-order valence-electron chi connectivity index (χ4n) is 3.16. The van der Waals surface area contributed by atoms with Gasteiger partial charge in [0.05, 0.1) is 12.1 Å². The number of para-hydroxylation sites is 1. The van der Waals surface area contributed by atoms with E-state index in [1.807, 2.05) is 24.3 Å². The first-order valence-electron chi connectivity index (χ1n) is 7.62. The van der Waals surface area contributed by atoms with E-state index < -0.39 is 5.72 Å². The largest absolute Gasteiger partial charge is 0.465 e. The lowest BCUT2D eigenvalue weighted by Crippen LogP contribution is -2.57. The molecule has 1 N–H and O–H groups in total. The molecule has 0 aliphatic carbocycles. The van der Waals surface area contributed by atoms with Gasteiger partial charge in [0.25, 0.3) is 11.8 Å². The average molecular weight is 308 g/mol. The van der Waals surface area contributed by atoms with E-state index in [0.29, 0.717) is 36.4 Å². The van der Waals surface area contributed by atoms with Crippen LogP contribution in [0.25, 0.3) is 0 Å². The molecule has 2 aliphatic heterocycles. The molecule has 1 fully saturated rings. The third-order valence-corrected chi connectivity index (χ3v) is 4.32. The number of nitrogens with one attached hydrogen (secondary N) is 1. The monoisotopic (exact) mass is 308 g/mol. The molecule has 1 unspecified atom stereocenters. The van der Waals surface area contributed by atoms with Gasteiger partial charge < -0.3 is 15.0 Å². The van der Waals surface area contributed by atoms with Crippen molar-refractivity contribution in [2.45, 2.75) is 12.1 Å².